The Hall–Kier alpha value is -0.310. The number of benzene rings is 1. The molecule has 3 heteroatoms. The first-order valence-corrected chi connectivity index (χ1v) is 4.38. The van der Waals surface area contributed by atoms with Gasteiger partial charge in [0.2, 0.25) is 0 Å². The Balaban J connectivity index is 0.00000169. The Morgan fingerprint density at radius 1 is 1.21 bits per heavy atom. The van der Waals surface area contributed by atoms with Gasteiger partial charge in [0.05, 0.1) is 0 Å². The van der Waals surface area contributed by atoms with Crippen LogP contribution in [0.3, 0.4) is 0 Å². The fraction of sp³-hybridized carbons (Fsp3) is 0.364. The van der Waals surface area contributed by atoms with E-state index in [-0.39, 0.29) is 35.5 Å². The number of rotatable bonds is 3. The van der Waals surface area contributed by atoms with Gasteiger partial charge in [-0.15, -0.1) is 0 Å². The van der Waals surface area contributed by atoms with E-state index in [2.05, 4.69) is 0 Å². The topological polar surface area (TPSA) is 40.1 Å². The maximum Gasteiger partial charge on any atom is 1.00 e. The molecule has 0 aromatic heterocycles. The first-order valence-electron chi connectivity index (χ1n) is 4.38. The minimum atomic E-state index is -0.999. The number of carboxylic acid groups (broad SMARTS) is 1. The van der Waals surface area contributed by atoms with Crippen LogP contribution in [0.1, 0.15) is 25.3 Å². The molecule has 0 amide bonds. The van der Waals surface area contributed by atoms with Crippen LogP contribution in [0.2, 0.25) is 0 Å². The van der Waals surface area contributed by atoms with Gasteiger partial charge in [0.15, 0.2) is 0 Å². The van der Waals surface area contributed by atoms with Gasteiger partial charge in [0.1, 0.15) is 0 Å². The zero-order valence-electron chi connectivity index (χ0n) is 8.86. The van der Waals surface area contributed by atoms with Crippen molar-refractivity contribution in [3.63, 3.8) is 0 Å². The molecule has 0 saturated carbocycles. The Bertz CT molecular complexity index is 283. The summed E-state index contributed by atoms with van der Waals surface area (Å²) >= 11 is 0. The summed E-state index contributed by atoms with van der Waals surface area (Å²) in [5, 5.41) is 10.8. The SMILES string of the molecule is CC(C)C(C(=O)[O-])c1ccccc1.[Na+]. The number of carbonyl (C=O) groups is 1. The van der Waals surface area contributed by atoms with Crippen LogP contribution < -0.4 is 34.7 Å². The molecule has 1 aromatic rings. The number of carbonyl (C=O) groups excluding carboxylic acids is 1. The quantitative estimate of drug-likeness (QED) is 0.539. The van der Waals surface area contributed by atoms with E-state index in [1.54, 1.807) is 0 Å². The first-order chi connectivity index (χ1) is 6.13. The molecule has 0 N–H and O–H groups in total. The van der Waals surface area contributed by atoms with Crippen LogP contribution in [0.4, 0.5) is 0 Å². The zero-order valence-corrected chi connectivity index (χ0v) is 10.9. The summed E-state index contributed by atoms with van der Waals surface area (Å²) in [4.78, 5) is 10.8. The molecule has 0 saturated heterocycles. The van der Waals surface area contributed by atoms with Crippen LogP contribution in [0.5, 0.6) is 0 Å². The van der Waals surface area contributed by atoms with Gasteiger partial charge in [-0.25, -0.2) is 0 Å². The van der Waals surface area contributed by atoms with Crippen molar-refractivity contribution < 1.29 is 39.5 Å². The Labute approximate surface area is 107 Å². The van der Waals surface area contributed by atoms with Crippen LogP contribution in [-0.2, 0) is 4.79 Å². The molecule has 1 atom stereocenters. The van der Waals surface area contributed by atoms with Gasteiger partial charge in [-0.05, 0) is 11.5 Å². The summed E-state index contributed by atoms with van der Waals surface area (Å²) < 4.78 is 0. The third-order valence-corrected chi connectivity index (χ3v) is 2.08. The Morgan fingerprint density at radius 3 is 2.07 bits per heavy atom. The average Bonchev–Trinajstić information content (AvgIpc) is 2.04. The fourth-order valence-electron chi connectivity index (χ4n) is 1.45. The van der Waals surface area contributed by atoms with Gasteiger partial charge >= 0.3 is 29.6 Å². The van der Waals surface area contributed by atoms with Crippen LogP contribution in [-0.4, -0.2) is 5.97 Å². The molecule has 1 unspecified atom stereocenters. The van der Waals surface area contributed by atoms with Gasteiger partial charge in [0, 0.05) is 11.9 Å². The fourth-order valence-corrected chi connectivity index (χ4v) is 1.45. The van der Waals surface area contributed by atoms with E-state index in [9.17, 15) is 9.90 Å². The van der Waals surface area contributed by atoms with Crippen molar-refractivity contribution >= 4 is 5.97 Å². The predicted molar refractivity (Wildman–Crippen MR) is 49.0 cm³/mol. The maximum atomic E-state index is 10.8. The van der Waals surface area contributed by atoms with Gasteiger partial charge in [-0.1, -0.05) is 44.2 Å². The molecule has 1 rings (SSSR count). The molecule has 70 valence electrons. The van der Waals surface area contributed by atoms with E-state index in [1.807, 2.05) is 44.2 Å². The molecule has 0 spiro atoms. The molecular formula is C11H13NaO2. The molecule has 14 heavy (non-hydrogen) atoms. The predicted octanol–water partition coefficient (Wildman–Crippen LogP) is -1.82. The summed E-state index contributed by atoms with van der Waals surface area (Å²) in [7, 11) is 0. The number of hydrogen-bond donors (Lipinski definition) is 0. The van der Waals surface area contributed by atoms with Gasteiger partial charge in [-0.3, -0.25) is 0 Å². The van der Waals surface area contributed by atoms with Crippen LogP contribution in [0, 0.1) is 5.92 Å². The molecule has 0 fully saturated rings. The van der Waals surface area contributed by atoms with Crippen molar-refractivity contribution in [2.45, 2.75) is 19.8 Å². The maximum absolute atomic E-state index is 10.8. The van der Waals surface area contributed by atoms with E-state index < -0.39 is 11.9 Å². The van der Waals surface area contributed by atoms with Crippen molar-refractivity contribution in [2.24, 2.45) is 5.92 Å². The molecule has 2 nitrogen and oxygen atoms in total. The van der Waals surface area contributed by atoms with Gasteiger partial charge < -0.3 is 9.90 Å². The minimum absolute atomic E-state index is 0. The minimum Gasteiger partial charge on any atom is -0.549 e. The van der Waals surface area contributed by atoms with Crippen molar-refractivity contribution in [1.82, 2.24) is 0 Å². The molecule has 0 bridgehead atoms. The van der Waals surface area contributed by atoms with E-state index in [1.165, 1.54) is 0 Å². The summed E-state index contributed by atoms with van der Waals surface area (Å²) in [6.45, 7) is 3.76. The Kier molecular flexibility index (Phi) is 6.09. The molecule has 0 radical (unpaired) electrons. The Morgan fingerprint density at radius 2 is 1.71 bits per heavy atom. The standard InChI is InChI=1S/C11H14O2.Na/c1-8(2)10(11(12)13)9-6-4-3-5-7-9;/h3-8,10H,1-2H3,(H,12,13);/q;+1/p-1. The normalized spacial score (nSPS) is 11.9. The molecule has 1 aromatic carbocycles. The molecule has 0 heterocycles. The van der Waals surface area contributed by atoms with Crippen LogP contribution in [0.25, 0.3) is 0 Å². The largest absolute Gasteiger partial charge is 1.00 e. The van der Waals surface area contributed by atoms with E-state index in [0.717, 1.165) is 5.56 Å². The zero-order chi connectivity index (χ0) is 9.84. The van der Waals surface area contributed by atoms with Crippen molar-refractivity contribution in [2.75, 3.05) is 0 Å². The summed E-state index contributed by atoms with van der Waals surface area (Å²) in [6.07, 6.45) is 0. The smallest absolute Gasteiger partial charge is 0.549 e. The van der Waals surface area contributed by atoms with Crippen LogP contribution in [0.15, 0.2) is 30.3 Å². The summed E-state index contributed by atoms with van der Waals surface area (Å²) in [5.74, 6) is -1.44. The van der Waals surface area contributed by atoms with Crippen molar-refractivity contribution in [3.8, 4) is 0 Å². The van der Waals surface area contributed by atoms with E-state index >= 15 is 0 Å². The summed E-state index contributed by atoms with van der Waals surface area (Å²) in [6, 6.07) is 9.19. The monoisotopic (exact) mass is 200 g/mol. The number of hydrogen-bond acceptors (Lipinski definition) is 2. The average molecular weight is 200 g/mol. The van der Waals surface area contributed by atoms with E-state index in [4.69, 9.17) is 0 Å². The molecular weight excluding hydrogens is 187 g/mol. The van der Waals surface area contributed by atoms with Gasteiger partial charge in [-0.2, -0.15) is 0 Å². The molecule has 0 aliphatic heterocycles. The van der Waals surface area contributed by atoms with Crippen molar-refractivity contribution in [1.29, 1.82) is 0 Å². The molecule has 0 aliphatic carbocycles. The summed E-state index contributed by atoms with van der Waals surface area (Å²) in [5.41, 5.74) is 0.817. The van der Waals surface area contributed by atoms with Gasteiger partial charge in [0.25, 0.3) is 0 Å². The first kappa shape index (κ1) is 13.7. The van der Waals surface area contributed by atoms with E-state index in [0.29, 0.717) is 0 Å². The number of carboxylic acids is 1. The third-order valence-electron chi connectivity index (χ3n) is 2.08. The second kappa shape index (κ2) is 6.23. The molecule has 0 aliphatic rings. The number of aliphatic carboxylic acids is 1. The second-order valence-electron chi connectivity index (χ2n) is 3.45. The second-order valence-corrected chi connectivity index (χ2v) is 3.45. The third kappa shape index (κ3) is 3.45. The van der Waals surface area contributed by atoms with Crippen molar-refractivity contribution in [3.05, 3.63) is 35.9 Å². The van der Waals surface area contributed by atoms with Crippen LogP contribution >= 0.6 is 0 Å².